The van der Waals surface area contributed by atoms with E-state index in [1.807, 2.05) is 6.07 Å². The van der Waals surface area contributed by atoms with Crippen molar-refractivity contribution in [3.63, 3.8) is 0 Å². The molecule has 63 heavy (non-hydrogen) atoms. The minimum atomic E-state index is 0.179. The molecule has 1 atom stereocenters. The lowest BCUT2D eigenvalue weighted by molar-refractivity contribution is 0.669. The maximum Gasteiger partial charge on any atom is 0.136 e. The van der Waals surface area contributed by atoms with Gasteiger partial charge in [-0.25, -0.2) is 0 Å². The molecule has 3 nitrogen and oxygen atoms in total. The number of nitrogens with zero attached hydrogens (tertiary/aromatic N) is 2. The van der Waals surface area contributed by atoms with E-state index in [2.05, 4.69) is 218 Å². The number of fused-ring (bicyclic) bond motifs is 10. The van der Waals surface area contributed by atoms with Gasteiger partial charge < -0.3 is 13.6 Å². The first-order chi connectivity index (χ1) is 31.1. The van der Waals surface area contributed by atoms with Crippen LogP contribution in [0.4, 0.5) is 0 Å². The normalized spacial score (nSPS) is 18.1. The third kappa shape index (κ3) is 5.87. The maximum atomic E-state index is 6.47. The number of furan rings is 1. The second kappa shape index (κ2) is 14.8. The fraction of sp³-hybridized carbons (Fsp3) is 0.100. The van der Waals surface area contributed by atoms with Crippen LogP contribution in [0.25, 0.3) is 93.6 Å². The molecule has 302 valence electrons. The van der Waals surface area contributed by atoms with Crippen molar-refractivity contribution < 1.29 is 4.42 Å². The lowest BCUT2D eigenvalue weighted by Gasteiger charge is -2.27. The van der Waals surface area contributed by atoms with Gasteiger partial charge in [0, 0.05) is 49.6 Å². The SMILES string of the molecule is CC/C1=C(c2ccc3c(c2)oc2ccccc23)/C=C(/c2ccccc2)C(C)/C(C)=C(/c2cccc(-n3c4ccccc4c4c5c6ccccc6n(-c6ccccc6)c5ccc43)c2)C1. The van der Waals surface area contributed by atoms with Gasteiger partial charge in [-0.15, -0.1) is 0 Å². The average Bonchev–Trinajstić information content (AvgIpc) is 4.00. The van der Waals surface area contributed by atoms with Gasteiger partial charge in [-0.2, -0.15) is 0 Å². The zero-order chi connectivity index (χ0) is 42.2. The molecule has 11 aromatic rings. The average molecular weight is 811 g/mol. The van der Waals surface area contributed by atoms with Crippen molar-refractivity contribution in [3.8, 4) is 11.4 Å². The minimum absolute atomic E-state index is 0.179. The molecule has 0 N–H and O–H groups in total. The van der Waals surface area contributed by atoms with Crippen LogP contribution in [-0.4, -0.2) is 9.13 Å². The Morgan fingerprint density at radius 1 is 0.492 bits per heavy atom. The Labute approximate surface area is 367 Å². The van der Waals surface area contributed by atoms with Crippen LogP contribution in [0.2, 0.25) is 0 Å². The van der Waals surface area contributed by atoms with E-state index >= 15 is 0 Å². The highest BCUT2D eigenvalue weighted by Crippen LogP contribution is 2.46. The van der Waals surface area contributed by atoms with Crippen molar-refractivity contribution in [2.75, 3.05) is 0 Å². The number of hydrogen-bond acceptors (Lipinski definition) is 1. The molecule has 12 rings (SSSR count). The zero-order valence-electron chi connectivity index (χ0n) is 35.8. The largest absolute Gasteiger partial charge is 0.456 e. The molecule has 3 heterocycles. The summed E-state index contributed by atoms with van der Waals surface area (Å²) in [7, 11) is 0. The number of para-hydroxylation sites is 4. The maximum absolute atomic E-state index is 6.47. The van der Waals surface area contributed by atoms with Gasteiger partial charge in [0.2, 0.25) is 0 Å². The predicted octanol–water partition coefficient (Wildman–Crippen LogP) is 16.5. The molecule has 0 bridgehead atoms. The Morgan fingerprint density at radius 3 is 1.76 bits per heavy atom. The van der Waals surface area contributed by atoms with Crippen LogP contribution in [0, 0.1) is 5.92 Å². The van der Waals surface area contributed by atoms with Crippen LogP contribution in [0.15, 0.2) is 210 Å². The van der Waals surface area contributed by atoms with E-state index in [1.54, 1.807) is 0 Å². The van der Waals surface area contributed by atoms with Crippen molar-refractivity contribution in [2.45, 2.75) is 33.6 Å². The molecule has 1 aliphatic carbocycles. The first-order valence-electron chi connectivity index (χ1n) is 22.3. The van der Waals surface area contributed by atoms with Gasteiger partial charge in [0.25, 0.3) is 0 Å². The second-order valence-corrected chi connectivity index (χ2v) is 17.2. The lowest BCUT2D eigenvalue weighted by Crippen LogP contribution is -2.08. The Hall–Kier alpha value is -7.62. The fourth-order valence-corrected chi connectivity index (χ4v) is 10.6. The highest BCUT2D eigenvalue weighted by atomic mass is 16.3. The summed E-state index contributed by atoms with van der Waals surface area (Å²) in [6.07, 6.45) is 4.26. The number of aromatic nitrogens is 2. The third-order valence-corrected chi connectivity index (χ3v) is 13.8. The molecule has 8 aromatic carbocycles. The summed E-state index contributed by atoms with van der Waals surface area (Å²) < 4.78 is 11.4. The van der Waals surface area contributed by atoms with E-state index < -0.39 is 0 Å². The minimum Gasteiger partial charge on any atom is -0.456 e. The van der Waals surface area contributed by atoms with Gasteiger partial charge in [-0.05, 0) is 126 Å². The zero-order valence-corrected chi connectivity index (χ0v) is 35.8. The van der Waals surface area contributed by atoms with Crippen LogP contribution in [0.5, 0.6) is 0 Å². The van der Waals surface area contributed by atoms with Crippen LogP contribution in [0.1, 0.15) is 50.3 Å². The molecule has 0 aliphatic heterocycles. The molecular weight excluding hydrogens is 765 g/mol. The van der Waals surface area contributed by atoms with Gasteiger partial charge in [0.1, 0.15) is 11.2 Å². The number of hydrogen-bond donors (Lipinski definition) is 0. The van der Waals surface area contributed by atoms with E-state index in [0.29, 0.717) is 0 Å². The van der Waals surface area contributed by atoms with Gasteiger partial charge in [0.05, 0.1) is 22.1 Å². The van der Waals surface area contributed by atoms with Crippen LogP contribution in [-0.2, 0) is 0 Å². The van der Waals surface area contributed by atoms with Crippen molar-refractivity contribution in [2.24, 2.45) is 5.92 Å². The van der Waals surface area contributed by atoms with Crippen LogP contribution in [0.3, 0.4) is 0 Å². The van der Waals surface area contributed by atoms with Crippen molar-refractivity contribution in [1.29, 1.82) is 0 Å². The molecule has 0 fully saturated rings. The number of rotatable bonds is 6. The summed E-state index contributed by atoms with van der Waals surface area (Å²) in [4.78, 5) is 0. The standard InChI is InChI=1S/C60H46N2O/c1-4-40-35-50(38(2)39(3)51(41-18-7-5-8-19-41)37-52(40)43-30-31-47-46-24-13-16-29-57(46)63-58(47)36-43)42-20-17-23-45(34-42)62-54-28-15-12-26-49(54)60-56(62)33-32-55-59(60)48-25-11-14-27-53(48)61(55)44-21-9-6-10-22-44/h5-34,36-37,39H,4,35H2,1-3H3/b50-38+,51-37+,52-40+. The Kier molecular flexibility index (Phi) is 8.72. The summed E-state index contributed by atoms with van der Waals surface area (Å²) in [5.41, 5.74) is 19.5. The molecule has 0 saturated heterocycles. The number of benzene rings is 8. The summed E-state index contributed by atoms with van der Waals surface area (Å²) >= 11 is 0. The smallest absolute Gasteiger partial charge is 0.136 e. The highest BCUT2D eigenvalue weighted by Gasteiger charge is 2.25. The van der Waals surface area contributed by atoms with Gasteiger partial charge in [-0.3, -0.25) is 0 Å². The molecule has 0 saturated carbocycles. The molecular formula is C60H46N2O. The number of allylic oxidation sites excluding steroid dienone is 6. The molecule has 1 aliphatic rings. The summed E-state index contributed by atoms with van der Waals surface area (Å²) in [5.74, 6) is 0.179. The lowest BCUT2D eigenvalue weighted by atomic mass is 9.77. The van der Waals surface area contributed by atoms with Gasteiger partial charge in [-0.1, -0.05) is 146 Å². The fourth-order valence-electron chi connectivity index (χ4n) is 10.6. The molecule has 1 unspecified atom stereocenters. The molecule has 0 spiro atoms. The van der Waals surface area contributed by atoms with Crippen LogP contribution >= 0.6 is 0 Å². The first kappa shape index (κ1) is 37.2. The highest BCUT2D eigenvalue weighted by molar-refractivity contribution is 6.29. The summed E-state index contributed by atoms with van der Waals surface area (Å²) in [5, 5.41) is 7.41. The first-order valence-corrected chi connectivity index (χ1v) is 22.3. The quantitative estimate of drug-likeness (QED) is 0.164. The van der Waals surface area contributed by atoms with Crippen molar-refractivity contribution in [3.05, 3.63) is 222 Å². The molecule has 0 amide bonds. The second-order valence-electron chi connectivity index (χ2n) is 17.2. The summed E-state index contributed by atoms with van der Waals surface area (Å²) in [6.45, 7) is 7.06. The van der Waals surface area contributed by atoms with E-state index in [1.165, 1.54) is 93.9 Å². The molecule has 3 heteroatoms. The monoisotopic (exact) mass is 810 g/mol. The molecule has 0 radical (unpaired) electrons. The summed E-state index contributed by atoms with van der Waals surface area (Å²) in [6, 6.07) is 68.7. The van der Waals surface area contributed by atoms with Gasteiger partial charge in [0.15, 0.2) is 0 Å². The van der Waals surface area contributed by atoms with E-state index in [4.69, 9.17) is 4.42 Å². The Balaban J connectivity index is 1.06. The van der Waals surface area contributed by atoms with Gasteiger partial charge >= 0.3 is 0 Å². The van der Waals surface area contributed by atoms with Crippen molar-refractivity contribution >= 4 is 82.3 Å². The van der Waals surface area contributed by atoms with Crippen LogP contribution < -0.4 is 0 Å². The van der Waals surface area contributed by atoms with E-state index in [9.17, 15) is 0 Å². The third-order valence-electron chi connectivity index (χ3n) is 13.8. The Bertz CT molecular complexity index is 3700. The Morgan fingerprint density at radius 2 is 1.06 bits per heavy atom. The topological polar surface area (TPSA) is 23.0 Å². The van der Waals surface area contributed by atoms with Crippen molar-refractivity contribution in [1.82, 2.24) is 9.13 Å². The van der Waals surface area contributed by atoms with E-state index in [0.717, 1.165) is 40.5 Å². The predicted molar refractivity (Wildman–Crippen MR) is 267 cm³/mol. The molecule has 3 aromatic heterocycles. The van der Waals surface area contributed by atoms with E-state index in [-0.39, 0.29) is 5.92 Å².